The van der Waals surface area contributed by atoms with Gasteiger partial charge in [-0.2, -0.15) is 5.10 Å². The largest absolute Gasteiger partial charge is 0.457 e. The number of rotatable bonds is 6. The van der Waals surface area contributed by atoms with Crippen molar-refractivity contribution in [1.82, 2.24) is 24.6 Å². The number of hydrogen-bond donors (Lipinski definition) is 1. The van der Waals surface area contributed by atoms with Gasteiger partial charge in [-0.3, -0.25) is 9.69 Å². The molecule has 1 aliphatic heterocycles. The lowest BCUT2D eigenvalue weighted by molar-refractivity contribution is -0.123. The van der Waals surface area contributed by atoms with E-state index >= 15 is 0 Å². The van der Waals surface area contributed by atoms with Gasteiger partial charge in [0, 0.05) is 17.5 Å². The molecule has 0 aliphatic carbocycles. The third-order valence-electron chi connectivity index (χ3n) is 6.79. The molecular weight excluding hydrogens is 591 g/mol. The fraction of sp³-hybridized carbons (Fsp3) is 0.379. The van der Waals surface area contributed by atoms with E-state index in [1.54, 1.807) is 0 Å². The number of hydrogen-bond acceptors (Lipinski definition) is 6. The zero-order valence-corrected chi connectivity index (χ0v) is 24.3. The van der Waals surface area contributed by atoms with Crippen LogP contribution in [0.2, 0.25) is 0 Å². The van der Waals surface area contributed by atoms with E-state index in [1.165, 1.54) is 6.33 Å². The summed E-state index contributed by atoms with van der Waals surface area (Å²) in [4.78, 5) is 24.6. The lowest BCUT2D eigenvalue weighted by Crippen LogP contribution is -2.39. The molecule has 198 valence electrons. The van der Waals surface area contributed by atoms with Gasteiger partial charge in [-0.25, -0.2) is 14.6 Å². The second kappa shape index (κ2) is 11.0. The minimum absolute atomic E-state index is 0.106. The van der Waals surface area contributed by atoms with Gasteiger partial charge in [0.25, 0.3) is 0 Å². The van der Waals surface area contributed by atoms with Gasteiger partial charge in [0.15, 0.2) is 5.65 Å². The van der Waals surface area contributed by atoms with Crippen molar-refractivity contribution in [2.24, 2.45) is 5.41 Å². The molecule has 1 amide bonds. The van der Waals surface area contributed by atoms with Gasteiger partial charge in [0.1, 0.15) is 29.3 Å². The molecule has 1 saturated heterocycles. The minimum Gasteiger partial charge on any atom is -0.457 e. The van der Waals surface area contributed by atoms with Gasteiger partial charge in [-0.05, 0) is 62.7 Å². The Bertz CT molecular complexity index is 1410. The van der Waals surface area contributed by atoms with Gasteiger partial charge in [-0.1, -0.05) is 61.6 Å². The maximum absolute atomic E-state index is 12.9. The average molecular weight is 625 g/mol. The minimum atomic E-state index is -0.565. The van der Waals surface area contributed by atoms with Crippen molar-refractivity contribution in [3.63, 3.8) is 0 Å². The van der Waals surface area contributed by atoms with E-state index in [2.05, 4.69) is 49.7 Å². The Morgan fingerprint density at radius 1 is 1.08 bits per heavy atom. The van der Waals surface area contributed by atoms with Gasteiger partial charge in [-0.15, -0.1) is 0 Å². The second-order valence-electron chi connectivity index (χ2n) is 10.7. The van der Waals surface area contributed by atoms with Gasteiger partial charge in [0.2, 0.25) is 5.91 Å². The van der Waals surface area contributed by atoms with E-state index in [-0.39, 0.29) is 11.9 Å². The number of alkyl halides is 1. The molecule has 1 fully saturated rings. The summed E-state index contributed by atoms with van der Waals surface area (Å²) in [6, 6.07) is 17.7. The highest BCUT2D eigenvalue weighted by Gasteiger charge is 2.29. The number of benzene rings is 2. The summed E-state index contributed by atoms with van der Waals surface area (Å²) in [6.07, 6.45) is 3.63. The molecule has 0 bridgehead atoms. The number of halogens is 1. The van der Waals surface area contributed by atoms with Crippen molar-refractivity contribution in [2.45, 2.75) is 50.6 Å². The van der Waals surface area contributed by atoms with Crippen LogP contribution in [0.25, 0.3) is 22.3 Å². The molecule has 9 heteroatoms. The van der Waals surface area contributed by atoms with Crippen LogP contribution in [-0.2, 0) is 4.79 Å². The van der Waals surface area contributed by atoms with Crippen LogP contribution in [0.3, 0.4) is 0 Å². The van der Waals surface area contributed by atoms with E-state index in [4.69, 9.17) is 9.84 Å². The summed E-state index contributed by atoms with van der Waals surface area (Å²) in [7, 11) is 0. The highest BCUT2D eigenvalue weighted by molar-refractivity contribution is 14.1. The first-order valence-electron chi connectivity index (χ1n) is 13.0. The number of nitrogens with one attached hydrogen (secondary N) is 1. The quantitative estimate of drug-likeness (QED) is 0.146. The molecule has 3 heterocycles. The Balaban J connectivity index is 1.57. The summed E-state index contributed by atoms with van der Waals surface area (Å²) in [6.45, 7) is 9.86. The van der Waals surface area contributed by atoms with E-state index < -0.39 is 5.41 Å². The maximum Gasteiger partial charge on any atom is 0.230 e. The summed E-state index contributed by atoms with van der Waals surface area (Å²) >= 11 is 2.47. The fourth-order valence-corrected chi connectivity index (χ4v) is 5.14. The SMILES string of the molecule is CC(I)N1CCC[C@@H](n2nc(-c3ccc(Oc4ccccc4)cc3)c3c(NC(=O)C(C)(C)C)ncnc32)C1. The molecule has 0 saturated carbocycles. The molecular formula is C29H33IN6O2. The fourth-order valence-electron chi connectivity index (χ4n) is 4.63. The number of aromatic nitrogens is 4. The van der Waals surface area contributed by atoms with Crippen molar-refractivity contribution in [3.05, 3.63) is 60.9 Å². The Morgan fingerprint density at radius 3 is 2.47 bits per heavy atom. The number of carbonyl (C=O) groups excluding carboxylic acids is 1. The van der Waals surface area contributed by atoms with Gasteiger partial charge < -0.3 is 10.1 Å². The first-order chi connectivity index (χ1) is 18.2. The molecule has 0 radical (unpaired) electrons. The Morgan fingerprint density at radius 2 is 1.79 bits per heavy atom. The number of para-hydroxylation sites is 1. The molecule has 8 nitrogen and oxygen atoms in total. The third-order valence-corrected chi connectivity index (χ3v) is 7.57. The third kappa shape index (κ3) is 5.68. The van der Waals surface area contributed by atoms with Crippen LogP contribution < -0.4 is 10.1 Å². The number of anilines is 1. The van der Waals surface area contributed by atoms with E-state index in [0.717, 1.165) is 59.7 Å². The molecule has 38 heavy (non-hydrogen) atoms. The normalized spacial score (nSPS) is 17.3. The van der Waals surface area contributed by atoms with Crippen LogP contribution in [0.5, 0.6) is 11.5 Å². The highest BCUT2D eigenvalue weighted by Crippen LogP contribution is 2.36. The zero-order valence-electron chi connectivity index (χ0n) is 22.2. The van der Waals surface area contributed by atoms with Crippen molar-refractivity contribution < 1.29 is 9.53 Å². The lowest BCUT2D eigenvalue weighted by atomic mass is 9.95. The maximum atomic E-state index is 12.9. The first kappa shape index (κ1) is 26.6. The molecule has 5 rings (SSSR count). The molecule has 2 aromatic carbocycles. The number of likely N-dealkylation sites (tertiary alicyclic amines) is 1. The predicted octanol–water partition coefficient (Wildman–Crippen LogP) is 6.69. The molecule has 2 atom stereocenters. The number of amides is 1. The number of fused-ring (bicyclic) bond motifs is 1. The standard InChI is InChI=1S/C29H33IN6O2/c1-19(30)35-16-8-9-21(17-35)36-27-24(26(31-18-32-27)33-28(37)29(2,3)4)25(34-36)20-12-14-23(15-13-20)38-22-10-6-5-7-11-22/h5-7,10-15,18-19,21H,8-9,16-17H2,1-4H3,(H,31,32,33,37)/t19?,21-/m1/s1. The highest BCUT2D eigenvalue weighted by atomic mass is 127. The molecule has 1 N–H and O–H groups in total. The molecule has 4 aromatic rings. The second-order valence-corrected chi connectivity index (χ2v) is 12.5. The summed E-state index contributed by atoms with van der Waals surface area (Å²) in [5.74, 6) is 1.89. The lowest BCUT2D eigenvalue weighted by Gasteiger charge is -2.34. The number of carbonyl (C=O) groups is 1. The van der Waals surface area contributed by atoms with Crippen LogP contribution >= 0.6 is 22.6 Å². The van der Waals surface area contributed by atoms with E-state index in [1.807, 2.05) is 80.1 Å². The van der Waals surface area contributed by atoms with Crippen LogP contribution in [0.4, 0.5) is 5.82 Å². The summed E-state index contributed by atoms with van der Waals surface area (Å²) in [5.41, 5.74) is 1.82. The predicted molar refractivity (Wildman–Crippen MR) is 159 cm³/mol. The van der Waals surface area contributed by atoms with E-state index in [0.29, 0.717) is 9.87 Å². The van der Waals surface area contributed by atoms with Crippen LogP contribution in [0, 0.1) is 5.41 Å². The van der Waals surface area contributed by atoms with Crippen LogP contribution in [0.1, 0.15) is 46.6 Å². The van der Waals surface area contributed by atoms with Gasteiger partial charge in [0.05, 0.1) is 15.5 Å². The van der Waals surface area contributed by atoms with Gasteiger partial charge >= 0.3 is 0 Å². The first-order valence-corrected chi connectivity index (χ1v) is 14.2. The summed E-state index contributed by atoms with van der Waals surface area (Å²) in [5, 5.41) is 8.91. The zero-order chi connectivity index (χ0) is 26.9. The monoisotopic (exact) mass is 624 g/mol. The van der Waals surface area contributed by atoms with Crippen LogP contribution in [0.15, 0.2) is 60.9 Å². The molecule has 1 unspecified atom stereocenters. The molecule has 1 aliphatic rings. The number of piperidine rings is 1. The topological polar surface area (TPSA) is 85.2 Å². The average Bonchev–Trinajstić information content (AvgIpc) is 3.30. The molecule has 2 aromatic heterocycles. The Hall–Kier alpha value is -3.05. The number of ether oxygens (including phenoxy) is 1. The molecule has 0 spiro atoms. The smallest absolute Gasteiger partial charge is 0.230 e. The Kier molecular flexibility index (Phi) is 7.67. The van der Waals surface area contributed by atoms with Crippen LogP contribution in [-0.4, -0.2) is 47.7 Å². The van der Waals surface area contributed by atoms with Crippen molar-refractivity contribution >= 4 is 45.3 Å². The van der Waals surface area contributed by atoms with E-state index in [9.17, 15) is 4.79 Å². The van der Waals surface area contributed by atoms with Crippen molar-refractivity contribution in [1.29, 1.82) is 0 Å². The van der Waals surface area contributed by atoms with Crippen molar-refractivity contribution in [2.75, 3.05) is 18.4 Å². The Labute approximate surface area is 236 Å². The van der Waals surface area contributed by atoms with Crippen molar-refractivity contribution in [3.8, 4) is 22.8 Å². The number of nitrogens with zero attached hydrogens (tertiary/aromatic N) is 5. The summed E-state index contributed by atoms with van der Waals surface area (Å²) < 4.78 is 8.47.